The van der Waals surface area contributed by atoms with Crippen LogP contribution in [0.4, 0.5) is 0 Å². The van der Waals surface area contributed by atoms with Crippen molar-refractivity contribution in [1.29, 1.82) is 0 Å². The third-order valence-electron chi connectivity index (χ3n) is 1.53. The van der Waals surface area contributed by atoms with Crippen molar-refractivity contribution in [3.63, 3.8) is 0 Å². The summed E-state index contributed by atoms with van der Waals surface area (Å²) in [5.41, 5.74) is 0.695. The molecule has 0 fully saturated rings. The molecule has 2 heteroatoms. The Morgan fingerprint density at radius 2 is 2.33 bits per heavy atom. The molecule has 0 heterocycles. The lowest BCUT2D eigenvalue weighted by atomic mass is 10.2. The van der Waals surface area contributed by atoms with Gasteiger partial charge in [-0.15, -0.1) is 0 Å². The van der Waals surface area contributed by atoms with Crippen molar-refractivity contribution in [2.45, 2.75) is 6.92 Å². The molecule has 0 atom stereocenters. The van der Waals surface area contributed by atoms with Crippen LogP contribution in [0.1, 0.15) is 12.5 Å². The van der Waals surface area contributed by atoms with Gasteiger partial charge < -0.3 is 9.84 Å². The largest absolute Gasteiger partial charge is 0.507 e. The van der Waals surface area contributed by atoms with E-state index in [0.29, 0.717) is 12.2 Å². The average Bonchev–Trinajstić information content (AvgIpc) is 2.09. The molecule has 0 bridgehead atoms. The predicted molar refractivity (Wildman–Crippen MR) is 49.4 cm³/mol. The quantitative estimate of drug-likeness (QED) is 0.743. The maximum atomic E-state index is 9.28. The first-order valence-electron chi connectivity index (χ1n) is 3.86. The van der Waals surface area contributed by atoms with E-state index < -0.39 is 0 Å². The molecule has 0 spiro atoms. The van der Waals surface area contributed by atoms with Crippen molar-refractivity contribution in [3.8, 4) is 11.5 Å². The lowest BCUT2D eigenvalue weighted by Gasteiger charge is -2.04. The van der Waals surface area contributed by atoms with E-state index in [1.165, 1.54) is 0 Å². The zero-order chi connectivity index (χ0) is 8.97. The van der Waals surface area contributed by atoms with Crippen molar-refractivity contribution in [2.75, 3.05) is 6.61 Å². The van der Waals surface area contributed by atoms with Gasteiger partial charge in [0.25, 0.3) is 0 Å². The molecule has 1 rings (SSSR count). The number of benzene rings is 1. The van der Waals surface area contributed by atoms with E-state index in [1.54, 1.807) is 24.3 Å². The van der Waals surface area contributed by atoms with Gasteiger partial charge in [0.15, 0.2) is 0 Å². The number of aromatic hydroxyl groups is 1. The molecule has 64 valence electrons. The van der Waals surface area contributed by atoms with Crippen LogP contribution >= 0.6 is 0 Å². The van der Waals surface area contributed by atoms with E-state index in [0.717, 1.165) is 5.75 Å². The van der Waals surface area contributed by atoms with Gasteiger partial charge in [0.1, 0.15) is 11.5 Å². The van der Waals surface area contributed by atoms with Crippen LogP contribution in [0.15, 0.2) is 24.8 Å². The van der Waals surface area contributed by atoms with Crippen molar-refractivity contribution >= 4 is 6.08 Å². The first kappa shape index (κ1) is 8.65. The van der Waals surface area contributed by atoms with E-state index >= 15 is 0 Å². The number of phenols is 1. The molecule has 1 N–H and O–H groups in total. The Balaban J connectivity index is 2.96. The zero-order valence-corrected chi connectivity index (χ0v) is 7.08. The summed E-state index contributed by atoms with van der Waals surface area (Å²) >= 11 is 0. The second-order valence-electron chi connectivity index (χ2n) is 2.36. The van der Waals surface area contributed by atoms with Gasteiger partial charge in [-0.1, -0.05) is 12.7 Å². The normalized spacial score (nSPS) is 9.42. The maximum Gasteiger partial charge on any atom is 0.123 e. The Kier molecular flexibility index (Phi) is 2.75. The minimum absolute atomic E-state index is 0.230. The summed E-state index contributed by atoms with van der Waals surface area (Å²) in [6.45, 7) is 6.12. The molecule has 1 aromatic carbocycles. The average molecular weight is 164 g/mol. The van der Waals surface area contributed by atoms with Crippen LogP contribution in [0, 0.1) is 0 Å². The standard InChI is InChI=1S/C10H12O2/c1-3-8-7-9(12-4-2)5-6-10(8)11/h3,5-7,11H,1,4H2,2H3. The number of hydrogen-bond acceptors (Lipinski definition) is 2. The molecule has 0 aliphatic rings. The van der Waals surface area contributed by atoms with Crippen LogP contribution in [0.3, 0.4) is 0 Å². The highest BCUT2D eigenvalue weighted by Crippen LogP contribution is 2.23. The Bertz CT molecular complexity index is 279. The first-order chi connectivity index (χ1) is 5.77. The monoisotopic (exact) mass is 164 g/mol. The Labute approximate surface area is 72.1 Å². The molecule has 0 saturated carbocycles. The highest BCUT2D eigenvalue weighted by molar-refractivity contribution is 5.57. The number of phenolic OH excluding ortho intramolecular Hbond substituents is 1. The molecule has 0 saturated heterocycles. The third kappa shape index (κ3) is 1.78. The summed E-state index contributed by atoms with van der Waals surface area (Å²) in [6.07, 6.45) is 1.60. The van der Waals surface area contributed by atoms with Gasteiger partial charge in [-0.05, 0) is 25.1 Å². The van der Waals surface area contributed by atoms with E-state index in [4.69, 9.17) is 4.74 Å². The summed E-state index contributed by atoms with van der Waals surface area (Å²) in [5, 5.41) is 9.28. The highest BCUT2D eigenvalue weighted by atomic mass is 16.5. The fourth-order valence-electron chi connectivity index (χ4n) is 0.953. The molecule has 0 amide bonds. The maximum absolute atomic E-state index is 9.28. The molecule has 1 aromatic rings. The molecular formula is C10H12O2. The Morgan fingerprint density at radius 3 is 2.92 bits per heavy atom. The van der Waals surface area contributed by atoms with Crippen LogP contribution in [-0.2, 0) is 0 Å². The molecule has 2 nitrogen and oxygen atoms in total. The zero-order valence-electron chi connectivity index (χ0n) is 7.08. The topological polar surface area (TPSA) is 29.5 Å². The smallest absolute Gasteiger partial charge is 0.123 e. The van der Waals surface area contributed by atoms with Gasteiger partial charge in [-0.25, -0.2) is 0 Å². The molecule has 0 radical (unpaired) electrons. The van der Waals surface area contributed by atoms with Gasteiger partial charge in [0.05, 0.1) is 6.61 Å². The number of hydrogen-bond donors (Lipinski definition) is 1. The molecule has 0 aromatic heterocycles. The molecule has 0 unspecified atom stereocenters. The summed E-state index contributed by atoms with van der Waals surface area (Å²) < 4.78 is 5.24. The van der Waals surface area contributed by atoms with Gasteiger partial charge in [0.2, 0.25) is 0 Å². The molecule has 12 heavy (non-hydrogen) atoms. The number of ether oxygens (including phenoxy) is 1. The minimum atomic E-state index is 0.230. The van der Waals surface area contributed by atoms with Gasteiger partial charge >= 0.3 is 0 Å². The third-order valence-corrected chi connectivity index (χ3v) is 1.53. The van der Waals surface area contributed by atoms with Gasteiger partial charge in [0, 0.05) is 5.56 Å². The van der Waals surface area contributed by atoms with Crippen LogP contribution in [0.25, 0.3) is 6.08 Å². The SMILES string of the molecule is C=Cc1cc(OCC)ccc1O. The van der Waals surface area contributed by atoms with Crippen molar-refractivity contribution in [2.24, 2.45) is 0 Å². The second kappa shape index (κ2) is 3.81. The molecular weight excluding hydrogens is 152 g/mol. The van der Waals surface area contributed by atoms with Crippen molar-refractivity contribution in [1.82, 2.24) is 0 Å². The Hall–Kier alpha value is -1.44. The lowest BCUT2D eigenvalue weighted by Crippen LogP contribution is -1.91. The predicted octanol–water partition coefficient (Wildman–Crippen LogP) is 2.43. The number of rotatable bonds is 3. The van der Waals surface area contributed by atoms with Crippen molar-refractivity contribution in [3.05, 3.63) is 30.3 Å². The van der Waals surface area contributed by atoms with Crippen LogP contribution in [0.2, 0.25) is 0 Å². The lowest BCUT2D eigenvalue weighted by molar-refractivity contribution is 0.339. The first-order valence-corrected chi connectivity index (χ1v) is 3.86. The van der Waals surface area contributed by atoms with Crippen LogP contribution in [0.5, 0.6) is 11.5 Å². The van der Waals surface area contributed by atoms with Crippen molar-refractivity contribution < 1.29 is 9.84 Å². The molecule has 0 aliphatic carbocycles. The minimum Gasteiger partial charge on any atom is -0.507 e. The summed E-state index contributed by atoms with van der Waals surface area (Å²) in [5.74, 6) is 0.985. The van der Waals surface area contributed by atoms with Gasteiger partial charge in [-0.3, -0.25) is 0 Å². The van der Waals surface area contributed by atoms with E-state index in [1.807, 2.05) is 6.92 Å². The second-order valence-corrected chi connectivity index (χ2v) is 2.36. The van der Waals surface area contributed by atoms with Crippen LogP contribution < -0.4 is 4.74 Å². The van der Waals surface area contributed by atoms with E-state index in [9.17, 15) is 5.11 Å². The van der Waals surface area contributed by atoms with Crippen LogP contribution in [-0.4, -0.2) is 11.7 Å². The Morgan fingerprint density at radius 1 is 1.58 bits per heavy atom. The van der Waals surface area contributed by atoms with Gasteiger partial charge in [-0.2, -0.15) is 0 Å². The highest BCUT2D eigenvalue weighted by Gasteiger charge is 1.98. The van der Waals surface area contributed by atoms with E-state index in [2.05, 4.69) is 6.58 Å². The fraction of sp³-hybridized carbons (Fsp3) is 0.200. The van der Waals surface area contributed by atoms with E-state index in [-0.39, 0.29) is 5.75 Å². The fourth-order valence-corrected chi connectivity index (χ4v) is 0.953. The summed E-state index contributed by atoms with van der Waals surface area (Å²) in [6, 6.07) is 5.08. The summed E-state index contributed by atoms with van der Waals surface area (Å²) in [7, 11) is 0. The molecule has 0 aliphatic heterocycles. The summed E-state index contributed by atoms with van der Waals surface area (Å²) in [4.78, 5) is 0.